The van der Waals surface area contributed by atoms with Crippen molar-refractivity contribution in [3.8, 4) is 0 Å². The van der Waals surface area contributed by atoms with Crippen LogP contribution in [0.3, 0.4) is 0 Å². The molecule has 0 heterocycles. The fourth-order valence-electron chi connectivity index (χ4n) is 1.59. The molecule has 0 unspecified atom stereocenters. The molecule has 0 saturated heterocycles. The monoisotopic (exact) mass is 213 g/mol. The van der Waals surface area contributed by atoms with Crippen LogP contribution < -0.4 is 5.32 Å². The summed E-state index contributed by atoms with van der Waals surface area (Å²) in [5.74, 6) is 0. The lowest BCUT2D eigenvalue weighted by Crippen LogP contribution is -2.29. The molecule has 0 rings (SSSR count). The molecular formula is C12H20ClN. The van der Waals surface area contributed by atoms with Gasteiger partial charge in [0.1, 0.15) is 0 Å². The van der Waals surface area contributed by atoms with Crippen LogP contribution in [-0.4, -0.2) is 13.6 Å². The second-order valence-corrected chi connectivity index (χ2v) is 4.68. The molecule has 0 aliphatic carbocycles. The van der Waals surface area contributed by atoms with Gasteiger partial charge in [-0.05, 0) is 25.6 Å². The second kappa shape index (κ2) is 5.38. The lowest BCUT2D eigenvalue weighted by Gasteiger charge is -2.28. The molecule has 0 bridgehead atoms. The number of hydrogen-bond donors (Lipinski definition) is 1. The summed E-state index contributed by atoms with van der Waals surface area (Å²) in [5, 5.41) is 3.71. The molecule has 0 saturated carbocycles. The molecule has 0 aromatic rings. The van der Waals surface area contributed by atoms with Crippen molar-refractivity contribution in [2.24, 2.45) is 5.41 Å². The standard InChI is InChI=1S/C12H20ClN/c1-9(2)11(7-10(3)13)12(4,5)8-14-6/h7,14H,1,3,8H2,2,4-6H3/b11-7+. The zero-order valence-corrected chi connectivity index (χ0v) is 10.3. The highest BCUT2D eigenvalue weighted by Crippen LogP contribution is 2.31. The second-order valence-electron chi connectivity index (χ2n) is 4.20. The minimum Gasteiger partial charge on any atom is -0.319 e. The Labute approximate surface area is 92.5 Å². The highest BCUT2D eigenvalue weighted by molar-refractivity contribution is 6.30. The van der Waals surface area contributed by atoms with Gasteiger partial charge in [0.25, 0.3) is 0 Å². The molecule has 0 atom stereocenters. The van der Waals surface area contributed by atoms with Crippen LogP contribution in [0.1, 0.15) is 20.8 Å². The molecule has 0 radical (unpaired) electrons. The zero-order chi connectivity index (χ0) is 11.4. The largest absolute Gasteiger partial charge is 0.319 e. The Morgan fingerprint density at radius 1 is 1.43 bits per heavy atom. The van der Waals surface area contributed by atoms with E-state index in [-0.39, 0.29) is 5.41 Å². The van der Waals surface area contributed by atoms with Crippen LogP contribution in [0.15, 0.2) is 35.4 Å². The molecule has 1 N–H and O–H groups in total. The minimum absolute atomic E-state index is 0.0262. The maximum atomic E-state index is 5.79. The number of halogens is 1. The average molecular weight is 214 g/mol. The van der Waals surface area contributed by atoms with Crippen molar-refractivity contribution in [2.75, 3.05) is 13.6 Å². The summed E-state index contributed by atoms with van der Waals surface area (Å²) >= 11 is 5.79. The fourth-order valence-corrected chi connectivity index (χ4v) is 1.70. The van der Waals surface area contributed by atoms with Crippen molar-refractivity contribution < 1.29 is 0 Å². The van der Waals surface area contributed by atoms with Crippen LogP contribution in [-0.2, 0) is 0 Å². The van der Waals surface area contributed by atoms with E-state index in [9.17, 15) is 0 Å². The van der Waals surface area contributed by atoms with Crippen LogP contribution in [0.5, 0.6) is 0 Å². The number of allylic oxidation sites excluding steroid dienone is 3. The molecule has 0 aliphatic rings. The van der Waals surface area contributed by atoms with Gasteiger partial charge in [0.2, 0.25) is 0 Å². The van der Waals surface area contributed by atoms with Gasteiger partial charge >= 0.3 is 0 Å². The maximum Gasteiger partial charge on any atom is 0.0337 e. The zero-order valence-electron chi connectivity index (χ0n) is 9.58. The molecule has 1 nitrogen and oxygen atoms in total. The normalized spacial score (nSPS) is 12.8. The summed E-state index contributed by atoms with van der Waals surface area (Å²) in [6.07, 6.45) is 1.89. The van der Waals surface area contributed by atoms with Gasteiger partial charge < -0.3 is 5.32 Å². The summed E-state index contributed by atoms with van der Waals surface area (Å²) in [6, 6.07) is 0. The van der Waals surface area contributed by atoms with Crippen LogP contribution >= 0.6 is 11.6 Å². The SMILES string of the molecule is C=C(Cl)/C=C(\C(=C)C)C(C)(C)CNC. The molecule has 0 aliphatic heterocycles. The Morgan fingerprint density at radius 2 is 1.93 bits per heavy atom. The van der Waals surface area contributed by atoms with E-state index in [1.807, 2.05) is 20.0 Å². The maximum absolute atomic E-state index is 5.79. The van der Waals surface area contributed by atoms with E-state index < -0.39 is 0 Å². The average Bonchev–Trinajstić information content (AvgIpc) is 1.99. The van der Waals surface area contributed by atoms with E-state index in [4.69, 9.17) is 11.6 Å². The molecule has 0 amide bonds. The topological polar surface area (TPSA) is 12.0 Å². The molecule has 80 valence electrons. The lowest BCUT2D eigenvalue weighted by atomic mass is 9.80. The van der Waals surface area contributed by atoms with Crippen LogP contribution in [0.2, 0.25) is 0 Å². The van der Waals surface area contributed by atoms with Gasteiger partial charge in [0.15, 0.2) is 0 Å². The highest BCUT2D eigenvalue weighted by Gasteiger charge is 2.22. The molecule has 0 aromatic heterocycles. The Bertz CT molecular complexity index is 261. The number of nitrogens with one attached hydrogen (secondary N) is 1. The van der Waals surface area contributed by atoms with Crippen molar-refractivity contribution in [3.63, 3.8) is 0 Å². The van der Waals surface area contributed by atoms with E-state index in [1.54, 1.807) is 0 Å². The Balaban J connectivity index is 5.01. The van der Waals surface area contributed by atoms with Crippen molar-refractivity contribution in [1.82, 2.24) is 5.32 Å². The van der Waals surface area contributed by atoms with Crippen LogP contribution in [0.25, 0.3) is 0 Å². The highest BCUT2D eigenvalue weighted by atomic mass is 35.5. The van der Waals surface area contributed by atoms with Gasteiger partial charge in [-0.1, -0.05) is 44.2 Å². The van der Waals surface area contributed by atoms with E-state index in [0.29, 0.717) is 5.03 Å². The molecular weight excluding hydrogens is 194 g/mol. The smallest absolute Gasteiger partial charge is 0.0337 e. The van der Waals surface area contributed by atoms with Gasteiger partial charge in [-0.3, -0.25) is 0 Å². The Hall–Kier alpha value is -0.530. The van der Waals surface area contributed by atoms with Crippen molar-refractivity contribution in [1.29, 1.82) is 0 Å². The first-order valence-electron chi connectivity index (χ1n) is 4.68. The van der Waals surface area contributed by atoms with E-state index in [0.717, 1.165) is 17.7 Å². The predicted molar refractivity (Wildman–Crippen MR) is 65.6 cm³/mol. The van der Waals surface area contributed by atoms with Crippen molar-refractivity contribution in [2.45, 2.75) is 20.8 Å². The molecule has 0 fully saturated rings. The Morgan fingerprint density at radius 3 is 2.21 bits per heavy atom. The third-order valence-electron chi connectivity index (χ3n) is 2.11. The summed E-state index contributed by atoms with van der Waals surface area (Å²) < 4.78 is 0. The first-order chi connectivity index (χ1) is 6.31. The predicted octanol–water partition coefficient (Wildman–Crippen LogP) is 3.49. The summed E-state index contributed by atoms with van der Waals surface area (Å²) in [4.78, 5) is 0. The molecule has 2 heteroatoms. The third-order valence-corrected chi connectivity index (χ3v) is 2.22. The third kappa shape index (κ3) is 4.12. The number of hydrogen-bond acceptors (Lipinski definition) is 1. The van der Waals surface area contributed by atoms with Crippen LogP contribution in [0.4, 0.5) is 0 Å². The first kappa shape index (κ1) is 13.5. The van der Waals surface area contributed by atoms with Gasteiger partial charge in [0, 0.05) is 17.0 Å². The lowest BCUT2D eigenvalue weighted by molar-refractivity contribution is 0.430. The summed E-state index contributed by atoms with van der Waals surface area (Å²) in [5.41, 5.74) is 2.21. The number of rotatable bonds is 5. The van der Waals surface area contributed by atoms with E-state index >= 15 is 0 Å². The molecule has 0 spiro atoms. The molecule has 0 aromatic carbocycles. The van der Waals surface area contributed by atoms with Crippen molar-refractivity contribution >= 4 is 11.6 Å². The van der Waals surface area contributed by atoms with Gasteiger partial charge in [-0.15, -0.1) is 0 Å². The van der Waals surface area contributed by atoms with Gasteiger partial charge in [0.05, 0.1) is 0 Å². The van der Waals surface area contributed by atoms with E-state index in [1.165, 1.54) is 0 Å². The van der Waals surface area contributed by atoms with Gasteiger partial charge in [-0.2, -0.15) is 0 Å². The van der Waals surface area contributed by atoms with Crippen molar-refractivity contribution in [3.05, 3.63) is 35.4 Å². The Kier molecular flexibility index (Phi) is 5.17. The van der Waals surface area contributed by atoms with Crippen LogP contribution in [0, 0.1) is 5.41 Å². The summed E-state index contributed by atoms with van der Waals surface area (Å²) in [6.45, 7) is 14.8. The summed E-state index contributed by atoms with van der Waals surface area (Å²) in [7, 11) is 1.94. The first-order valence-corrected chi connectivity index (χ1v) is 5.06. The molecule has 14 heavy (non-hydrogen) atoms. The quantitative estimate of drug-likeness (QED) is 0.690. The minimum atomic E-state index is 0.0262. The fraction of sp³-hybridized carbons (Fsp3) is 0.500. The van der Waals surface area contributed by atoms with E-state index in [2.05, 4.69) is 32.3 Å². The van der Waals surface area contributed by atoms with Gasteiger partial charge in [-0.25, -0.2) is 0 Å².